The number of aromatic nitrogens is 1. The van der Waals surface area contributed by atoms with Crippen LogP contribution in [0.5, 0.6) is 0 Å². The summed E-state index contributed by atoms with van der Waals surface area (Å²) >= 11 is 0. The van der Waals surface area contributed by atoms with Gasteiger partial charge in [0.1, 0.15) is 5.69 Å². The molecule has 3 N–H and O–H groups in total. The fourth-order valence-electron chi connectivity index (χ4n) is 1.72. The van der Waals surface area contributed by atoms with Gasteiger partial charge in [0.15, 0.2) is 0 Å². The van der Waals surface area contributed by atoms with Crippen molar-refractivity contribution in [2.45, 2.75) is 0 Å². The second-order valence-electron chi connectivity index (χ2n) is 4.05. The second kappa shape index (κ2) is 5.89. The van der Waals surface area contributed by atoms with E-state index in [0.29, 0.717) is 12.2 Å². The summed E-state index contributed by atoms with van der Waals surface area (Å²) in [6, 6.07) is 11.0. The number of anilines is 1. The molecule has 1 aromatic heterocycles. The molecule has 0 aliphatic carbocycles. The van der Waals surface area contributed by atoms with Gasteiger partial charge in [-0.15, -0.1) is 0 Å². The molecule has 4 nitrogen and oxygen atoms in total. The summed E-state index contributed by atoms with van der Waals surface area (Å²) in [5.41, 5.74) is 7.49. The highest BCUT2D eigenvalue weighted by Crippen LogP contribution is 2.11. The maximum atomic E-state index is 12.0. The number of hydrogen-bond donors (Lipinski definition) is 2. The molecule has 1 heterocycles. The van der Waals surface area contributed by atoms with Crippen LogP contribution in [-0.4, -0.2) is 17.0 Å². The lowest BCUT2D eigenvalue weighted by atomic mass is 10.2. The molecule has 1 amide bonds. The van der Waals surface area contributed by atoms with E-state index < -0.39 is 0 Å². The molecule has 0 saturated heterocycles. The maximum absolute atomic E-state index is 12.0. The van der Waals surface area contributed by atoms with Crippen LogP contribution in [0.3, 0.4) is 0 Å². The van der Waals surface area contributed by atoms with Gasteiger partial charge in [-0.1, -0.05) is 17.9 Å². The third-order valence-corrected chi connectivity index (χ3v) is 2.63. The summed E-state index contributed by atoms with van der Waals surface area (Å²) in [5, 5.41) is 2.84. The van der Waals surface area contributed by atoms with Crippen LogP contribution in [0.1, 0.15) is 16.1 Å². The first-order chi connectivity index (χ1) is 9.20. The van der Waals surface area contributed by atoms with Crippen LogP contribution in [0, 0.1) is 11.8 Å². The van der Waals surface area contributed by atoms with Gasteiger partial charge in [-0.05, 0) is 30.3 Å². The van der Waals surface area contributed by atoms with Gasteiger partial charge in [0.2, 0.25) is 0 Å². The van der Waals surface area contributed by atoms with Gasteiger partial charge in [0.05, 0.1) is 6.54 Å². The molecule has 0 bridgehead atoms. The van der Waals surface area contributed by atoms with Crippen molar-refractivity contribution in [2.24, 2.45) is 12.8 Å². The van der Waals surface area contributed by atoms with Gasteiger partial charge in [0.25, 0.3) is 5.91 Å². The predicted molar refractivity (Wildman–Crippen MR) is 75.7 cm³/mol. The molecule has 1 aromatic carbocycles. The smallest absolute Gasteiger partial charge is 0.272 e. The van der Waals surface area contributed by atoms with Crippen molar-refractivity contribution in [3.63, 3.8) is 0 Å². The second-order valence-corrected chi connectivity index (χ2v) is 4.05. The van der Waals surface area contributed by atoms with Crippen molar-refractivity contribution in [2.75, 3.05) is 11.9 Å². The third kappa shape index (κ3) is 3.24. The first-order valence-electron chi connectivity index (χ1n) is 5.92. The van der Waals surface area contributed by atoms with E-state index in [1.165, 1.54) is 0 Å². The van der Waals surface area contributed by atoms with E-state index in [1.807, 2.05) is 43.6 Å². The first kappa shape index (κ1) is 12.9. The van der Waals surface area contributed by atoms with Crippen molar-refractivity contribution in [1.29, 1.82) is 0 Å². The molecule has 4 heteroatoms. The Labute approximate surface area is 112 Å². The summed E-state index contributed by atoms with van der Waals surface area (Å²) in [6.45, 7) is 0.319. The summed E-state index contributed by atoms with van der Waals surface area (Å²) < 4.78 is 1.77. The normalized spacial score (nSPS) is 9.58. The first-order valence-corrected chi connectivity index (χ1v) is 5.92. The number of amides is 1. The fourth-order valence-corrected chi connectivity index (χ4v) is 1.72. The molecular formula is C15H15N3O. The van der Waals surface area contributed by atoms with Crippen molar-refractivity contribution in [1.82, 2.24) is 4.57 Å². The fraction of sp³-hybridized carbons (Fsp3) is 0.133. The highest BCUT2D eigenvalue weighted by Gasteiger charge is 2.08. The van der Waals surface area contributed by atoms with Gasteiger partial charge in [0, 0.05) is 24.5 Å². The van der Waals surface area contributed by atoms with E-state index in [0.717, 1.165) is 11.3 Å². The average molecular weight is 253 g/mol. The number of nitrogens with two attached hydrogens (primary N) is 1. The average Bonchev–Trinajstić information content (AvgIpc) is 2.83. The Morgan fingerprint density at radius 2 is 2.21 bits per heavy atom. The van der Waals surface area contributed by atoms with Crippen LogP contribution in [-0.2, 0) is 7.05 Å². The third-order valence-electron chi connectivity index (χ3n) is 2.63. The monoisotopic (exact) mass is 253 g/mol. The van der Waals surface area contributed by atoms with E-state index >= 15 is 0 Å². The molecule has 96 valence electrons. The molecular weight excluding hydrogens is 238 g/mol. The summed E-state index contributed by atoms with van der Waals surface area (Å²) in [6.07, 6.45) is 1.83. The molecule has 2 aromatic rings. The van der Waals surface area contributed by atoms with Crippen molar-refractivity contribution < 1.29 is 4.79 Å². The highest BCUT2D eigenvalue weighted by molar-refractivity contribution is 6.03. The standard InChI is InChI=1S/C15H15N3O/c1-18-10-4-8-14(18)15(19)17-13-7-2-5-12(11-13)6-3-9-16/h2,4-5,7-8,10-11H,9,16H2,1H3,(H,17,19). The van der Waals surface area contributed by atoms with Crippen LogP contribution < -0.4 is 11.1 Å². The zero-order chi connectivity index (χ0) is 13.7. The minimum Gasteiger partial charge on any atom is -0.347 e. The molecule has 0 atom stereocenters. The minimum absolute atomic E-state index is 0.142. The van der Waals surface area contributed by atoms with Crippen LogP contribution in [0.15, 0.2) is 42.6 Å². The Morgan fingerprint density at radius 3 is 2.89 bits per heavy atom. The van der Waals surface area contributed by atoms with Gasteiger partial charge in [-0.2, -0.15) is 0 Å². The summed E-state index contributed by atoms with van der Waals surface area (Å²) in [5.74, 6) is 5.57. The Kier molecular flexibility index (Phi) is 4.01. The van der Waals surface area contributed by atoms with E-state index in [1.54, 1.807) is 10.6 Å². The van der Waals surface area contributed by atoms with E-state index in [2.05, 4.69) is 17.2 Å². The number of rotatable bonds is 2. The van der Waals surface area contributed by atoms with Crippen LogP contribution in [0.4, 0.5) is 5.69 Å². The van der Waals surface area contributed by atoms with E-state index in [9.17, 15) is 4.79 Å². The Morgan fingerprint density at radius 1 is 1.37 bits per heavy atom. The number of carbonyl (C=O) groups is 1. The number of carbonyl (C=O) groups excluding carboxylic acids is 1. The molecule has 2 rings (SSSR count). The lowest BCUT2D eigenvalue weighted by Crippen LogP contribution is -2.15. The molecule has 0 saturated carbocycles. The number of nitrogens with zero attached hydrogens (tertiary/aromatic N) is 1. The number of nitrogens with one attached hydrogen (secondary N) is 1. The van der Waals surface area contributed by atoms with Gasteiger partial charge >= 0.3 is 0 Å². The van der Waals surface area contributed by atoms with Gasteiger partial charge in [-0.3, -0.25) is 4.79 Å². The molecule has 0 aliphatic rings. The molecule has 0 unspecified atom stereocenters. The number of hydrogen-bond acceptors (Lipinski definition) is 2. The van der Waals surface area contributed by atoms with Crippen LogP contribution in [0.2, 0.25) is 0 Å². The number of benzene rings is 1. The largest absolute Gasteiger partial charge is 0.347 e. The predicted octanol–water partition coefficient (Wildman–Crippen LogP) is 1.59. The Hall–Kier alpha value is -2.51. The van der Waals surface area contributed by atoms with E-state index in [4.69, 9.17) is 5.73 Å². The van der Waals surface area contributed by atoms with Crippen molar-refractivity contribution in [3.05, 3.63) is 53.9 Å². The molecule has 19 heavy (non-hydrogen) atoms. The lowest BCUT2D eigenvalue weighted by molar-refractivity contribution is 0.101. The van der Waals surface area contributed by atoms with Gasteiger partial charge in [-0.25, -0.2) is 0 Å². The topological polar surface area (TPSA) is 60.0 Å². The molecule has 0 radical (unpaired) electrons. The van der Waals surface area contributed by atoms with Crippen LogP contribution >= 0.6 is 0 Å². The molecule has 0 aliphatic heterocycles. The summed E-state index contributed by atoms with van der Waals surface area (Å²) in [4.78, 5) is 12.0. The zero-order valence-electron chi connectivity index (χ0n) is 10.7. The van der Waals surface area contributed by atoms with Gasteiger partial charge < -0.3 is 15.6 Å². The van der Waals surface area contributed by atoms with E-state index in [-0.39, 0.29) is 5.91 Å². The Bertz CT molecular complexity index is 647. The molecule has 0 fully saturated rings. The summed E-state index contributed by atoms with van der Waals surface area (Å²) in [7, 11) is 1.83. The maximum Gasteiger partial charge on any atom is 0.272 e. The quantitative estimate of drug-likeness (QED) is 0.798. The lowest BCUT2D eigenvalue weighted by Gasteiger charge is -2.06. The van der Waals surface area contributed by atoms with Crippen molar-refractivity contribution in [3.8, 4) is 11.8 Å². The number of aryl methyl sites for hydroxylation is 1. The Balaban J connectivity index is 2.15. The van der Waals surface area contributed by atoms with Crippen LogP contribution in [0.25, 0.3) is 0 Å². The molecule has 0 spiro atoms. The minimum atomic E-state index is -0.142. The van der Waals surface area contributed by atoms with Crippen molar-refractivity contribution >= 4 is 11.6 Å². The SMILES string of the molecule is Cn1cccc1C(=O)Nc1cccc(C#CCN)c1. The zero-order valence-corrected chi connectivity index (χ0v) is 10.7. The highest BCUT2D eigenvalue weighted by atomic mass is 16.1.